The van der Waals surface area contributed by atoms with Crippen molar-refractivity contribution in [2.45, 2.75) is 18.4 Å². The highest BCUT2D eigenvalue weighted by atomic mass is 79.9. The Morgan fingerprint density at radius 3 is 2.21 bits per heavy atom. The minimum atomic E-state index is -0.0848. The largest absolute Gasteiger partial charge is 0.323 e. The monoisotopic (exact) mass is 313 g/mol. The maximum atomic E-state index is 6.39. The molecule has 0 aromatic heterocycles. The van der Waals surface area contributed by atoms with Crippen LogP contribution in [0.25, 0.3) is 0 Å². The molecular formula is C17H16BrN. The van der Waals surface area contributed by atoms with Gasteiger partial charge >= 0.3 is 0 Å². The average Bonchev–Trinajstić information content (AvgIpc) is 2.46. The molecule has 2 heteroatoms. The zero-order valence-electron chi connectivity index (χ0n) is 10.6. The number of rotatable bonds is 4. The van der Waals surface area contributed by atoms with Crippen LogP contribution in [0.4, 0.5) is 0 Å². The third-order valence-corrected chi connectivity index (χ3v) is 3.78. The fraction of sp³-hybridized carbons (Fsp3) is 0.176. The number of benzene rings is 2. The van der Waals surface area contributed by atoms with Gasteiger partial charge in [-0.15, -0.1) is 12.3 Å². The Hall–Kier alpha value is -1.56. The first-order chi connectivity index (χ1) is 9.22. The number of halogens is 1. The highest BCUT2D eigenvalue weighted by Crippen LogP contribution is 2.32. The molecule has 0 spiro atoms. The van der Waals surface area contributed by atoms with Crippen molar-refractivity contribution in [3.05, 3.63) is 70.2 Å². The molecule has 2 rings (SSSR count). The minimum Gasteiger partial charge on any atom is -0.323 e. The molecular weight excluding hydrogens is 298 g/mol. The van der Waals surface area contributed by atoms with Crippen molar-refractivity contribution in [1.82, 2.24) is 0 Å². The second-order valence-electron chi connectivity index (χ2n) is 4.50. The number of hydrogen-bond donors (Lipinski definition) is 1. The van der Waals surface area contributed by atoms with E-state index in [1.54, 1.807) is 0 Å². The van der Waals surface area contributed by atoms with Gasteiger partial charge in [-0.05, 0) is 23.3 Å². The quantitative estimate of drug-likeness (QED) is 0.839. The van der Waals surface area contributed by atoms with Crippen LogP contribution in [-0.4, -0.2) is 0 Å². The van der Waals surface area contributed by atoms with Gasteiger partial charge in [-0.1, -0.05) is 58.4 Å². The van der Waals surface area contributed by atoms with Gasteiger partial charge in [-0.25, -0.2) is 0 Å². The first-order valence-corrected chi connectivity index (χ1v) is 7.01. The molecule has 96 valence electrons. The fourth-order valence-electron chi connectivity index (χ4n) is 2.20. The average molecular weight is 314 g/mol. The van der Waals surface area contributed by atoms with E-state index < -0.39 is 0 Å². The molecule has 2 aromatic rings. The van der Waals surface area contributed by atoms with Crippen LogP contribution in [0.2, 0.25) is 0 Å². The van der Waals surface area contributed by atoms with E-state index in [1.807, 2.05) is 42.5 Å². The summed E-state index contributed by atoms with van der Waals surface area (Å²) in [6, 6.07) is 18.2. The van der Waals surface area contributed by atoms with Crippen molar-refractivity contribution in [2.24, 2.45) is 5.73 Å². The van der Waals surface area contributed by atoms with Crippen LogP contribution in [-0.2, 0) is 0 Å². The summed E-state index contributed by atoms with van der Waals surface area (Å²) in [6.45, 7) is 0. The lowest BCUT2D eigenvalue weighted by Gasteiger charge is -2.23. The lowest BCUT2D eigenvalue weighted by molar-refractivity contribution is 0.566. The molecule has 0 bridgehead atoms. The zero-order chi connectivity index (χ0) is 13.7. The van der Waals surface area contributed by atoms with Crippen LogP contribution >= 0.6 is 15.9 Å². The number of terminal acetylenes is 1. The smallest absolute Gasteiger partial charge is 0.0373 e. The second kappa shape index (κ2) is 6.56. The van der Waals surface area contributed by atoms with E-state index in [4.69, 9.17) is 12.2 Å². The molecule has 0 aliphatic rings. The highest BCUT2D eigenvalue weighted by Gasteiger charge is 2.20. The van der Waals surface area contributed by atoms with E-state index in [0.29, 0.717) is 6.42 Å². The van der Waals surface area contributed by atoms with E-state index in [2.05, 4.69) is 34.0 Å². The Morgan fingerprint density at radius 2 is 1.63 bits per heavy atom. The Balaban J connectivity index is 2.30. The fourth-order valence-corrected chi connectivity index (χ4v) is 2.46. The topological polar surface area (TPSA) is 26.0 Å². The molecule has 0 aliphatic heterocycles. The molecule has 0 saturated heterocycles. The first kappa shape index (κ1) is 13.9. The van der Waals surface area contributed by atoms with E-state index >= 15 is 0 Å². The van der Waals surface area contributed by atoms with Gasteiger partial charge in [-0.2, -0.15) is 0 Å². The van der Waals surface area contributed by atoms with Crippen LogP contribution in [0.3, 0.4) is 0 Å². The lowest BCUT2D eigenvalue weighted by atomic mass is 9.85. The summed E-state index contributed by atoms with van der Waals surface area (Å²) in [5, 5.41) is 0. The first-order valence-electron chi connectivity index (χ1n) is 6.22. The van der Waals surface area contributed by atoms with Gasteiger partial charge in [-0.3, -0.25) is 0 Å². The predicted molar refractivity (Wildman–Crippen MR) is 83.7 cm³/mol. The summed E-state index contributed by atoms with van der Waals surface area (Å²) < 4.78 is 1.06. The van der Waals surface area contributed by atoms with Crippen LogP contribution < -0.4 is 5.73 Å². The molecule has 1 nitrogen and oxygen atoms in total. The summed E-state index contributed by atoms with van der Waals surface area (Å²) in [6.07, 6.45) is 6.13. The Labute approximate surface area is 123 Å². The van der Waals surface area contributed by atoms with E-state index in [-0.39, 0.29) is 12.0 Å². The van der Waals surface area contributed by atoms with Crippen molar-refractivity contribution >= 4 is 15.9 Å². The molecule has 2 atom stereocenters. The van der Waals surface area contributed by atoms with Gasteiger partial charge in [0.15, 0.2) is 0 Å². The molecule has 0 amide bonds. The normalized spacial score (nSPS) is 13.5. The van der Waals surface area contributed by atoms with Crippen molar-refractivity contribution in [1.29, 1.82) is 0 Å². The standard InChI is InChI=1S/C17H16BrN/c1-2-6-16(13-9-11-15(18)12-10-13)17(19)14-7-4-3-5-8-14/h1,3-5,7-12,16-17H,6,19H2. The van der Waals surface area contributed by atoms with Crippen LogP contribution in [0.15, 0.2) is 59.1 Å². The maximum Gasteiger partial charge on any atom is 0.0373 e. The molecule has 0 saturated carbocycles. The van der Waals surface area contributed by atoms with E-state index in [0.717, 1.165) is 10.0 Å². The van der Waals surface area contributed by atoms with Crippen molar-refractivity contribution in [3.63, 3.8) is 0 Å². The molecule has 2 N–H and O–H groups in total. The van der Waals surface area contributed by atoms with Gasteiger partial charge in [0.1, 0.15) is 0 Å². The Bertz CT molecular complexity index is 554. The van der Waals surface area contributed by atoms with E-state index in [9.17, 15) is 0 Å². The van der Waals surface area contributed by atoms with E-state index in [1.165, 1.54) is 5.56 Å². The maximum absolute atomic E-state index is 6.39. The molecule has 0 aliphatic carbocycles. The Kier molecular flexibility index (Phi) is 4.79. The van der Waals surface area contributed by atoms with Gasteiger partial charge in [0, 0.05) is 22.9 Å². The van der Waals surface area contributed by atoms with Crippen LogP contribution in [0, 0.1) is 12.3 Å². The summed E-state index contributed by atoms with van der Waals surface area (Å²) >= 11 is 3.44. The molecule has 0 radical (unpaired) electrons. The van der Waals surface area contributed by atoms with Gasteiger partial charge in [0.25, 0.3) is 0 Å². The number of hydrogen-bond acceptors (Lipinski definition) is 1. The molecule has 0 fully saturated rings. The van der Waals surface area contributed by atoms with Gasteiger partial charge in [0.2, 0.25) is 0 Å². The molecule has 2 unspecified atom stereocenters. The molecule has 2 aromatic carbocycles. The minimum absolute atomic E-state index is 0.0848. The zero-order valence-corrected chi connectivity index (χ0v) is 12.2. The van der Waals surface area contributed by atoms with Crippen molar-refractivity contribution in [3.8, 4) is 12.3 Å². The molecule has 0 heterocycles. The third-order valence-electron chi connectivity index (χ3n) is 3.25. The van der Waals surface area contributed by atoms with Crippen LogP contribution in [0.1, 0.15) is 29.5 Å². The lowest BCUT2D eigenvalue weighted by Crippen LogP contribution is -2.19. The summed E-state index contributed by atoms with van der Waals surface area (Å²) in [5.74, 6) is 2.88. The molecule has 19 heavy (non-hydrogen) atoms. The third kappa shape index (κ3) is 3.47. The SMILES string of the molecule is C#CCC(c1ccc(Br)cc1)C(N)c1ccccc1. The Morgan fingerprint density at radius 1 is 1.00 bits per heavy atom. The van der Waals surface area contributed by atoms with Crippen molar-refractivity contribution in [2.75, 3.05) is 0 Å². The highest BCUT2D eigenvalue weighted by molar-refractivity contribution is 9.10. The number of nitrogens with two attached hydrogens (primary N) is 1. The van der Waals surface area contributed by atoms with Gasteiger partial charge < -0.3 is 5.73 Å². The van der Waals surface area contributed by atoms with Crippen molar-refractivity contribution < 1.29 is 0 Å². The van der Waals surface area contributed by atoms with Gasteiger partial charge in [0.05, 0.1) is 0 Å². The second-order valence-corrected chi connectivity index (χ2v) is 5.42. The summed E-state index contributed by atoms with van der Waals surface area (Å²) in [4.78, 5) is 0. The predicted octanol–water partition coefficient (Wildman–Crippen LogP) is 4.26. The van der Waals surface area contributed by atoms with Crippen LogP contribution in [0.5, 0.6) is 0 Å². The summed E-state index contributed by atoms with van der Waals surface area (Å²) in [5.41, 5.74) is 8.68. The summed E-state index contributed by atoms with van der Waals surface area (Å²) in [7, 11) is 0.